The lowest BCUT2D eigenvalue weighted by Gasteiger charge is -2.49. The summed E-state index contributed by atoms with van der Waals surface area (Å²) in [5.74, 6) is -0.165. The minimum atomic E-state index is -1.37. The molecule has 0 bridgehead atoms. The minimum Gasteiger partial charge on any atom is -0.543 e. The molecule has 11 heteroatoms. The Balaban J connectivity index is 1.87. The van der Waals surface area contributed by atoms with Gasteiger partial charge in [0.25, 0.3) is 0 Å². The number of carbonyl (C=O) groups excluding carboxylic acids is 2. The van der Waals surface area contributed by atoms with Gasteiger partial charge >= 0.3 is 5.16 Å². The Morgan fingerprint density at radius 1 is 1.54 bits per heavy atom. The number of β-lactam (4-membered cyclic amide) rings is 1. The molecular formula is C15H20N6O3S2. The monoisotopic (exact) mass is 396 g/mol. The van der Waals surface area contributed by atoms with Gasteiger partial charge in [-0.2, -0.15) is 0 Å². The Kier molecular flexibility index (Phi) is 5.30. The Morgan fingerprint density at radius 3 is 2.92 bits per heavy atom. The summed E-state index contributed by atoms with van der Waals surface area (Å²) >= 11 is 2.78. The molecule has 2 aliphatic heterocycles. The van der Waals surface area contributed by atoms with Crippen molar-refractivity contribution < 1.29 is 19.3 Å². The number of rotatable bonds is 6. The van der Waals surface area contributed by atoms with Crippen molar-refractivity contribution in [3.05, 3.63) is 17.3 Å². The molecule has 1 saturated heterocycles. The number of fused-ring (bicyclic) bond motifs is 1. The number of aromatic nitrogens is 2. The standard InChI is InChI=1S/C15H20N6O3S2/c1-2-3-20-9(17)4-8(16)19-15(20)26-6-7-5-25-13-10(18)12(22)21(13)11(7)14(23)24/h4,10,13H,2-3,5-6,18H2,1H3,(H4,16,17,23,24)/t10?,13-/m1/s1. The molecule has 3 rings (SSSR count). The molecular weight excluding hydrogens is 376 g/mol. The minimum absolute atomic E-state index is 0.0770. The number of nitrogens with two attached hydrogens (primary N) is 3. The molecule has 26 heavy (non-hydrogen) atoms. The fraction of sp³-hybridized carbons (Fsp3) is 0.467. The summed E-state index contributed by atoms with van der Waals surface area (Å²) in [7, 11) is 0. The molecule has 2 aliphatic rings. The fourth-order valence-electron chi connectivity index (χ4n) is 2.93. The maximum absolute atomic E-state index is 12.0. The van der Waals surface area contributed by atoms with Crippen molar-refractivity contribution >= 4 is 47.0 Å². The van der Waals surface area contributed by atoms with Gasteiger partial charge in [0.2, 0.25) is 17.5 Å². The van der Waals surface area contributed by atoms with E-state index in [0.29, 0.717) is 40.4 Å². The highest BCUT2D eigenvalue weighted by Crippen LogP contribution is 2.40. The van der Waals surface area contributed by atoms with Crippen molar-refractivity contribution in [1.82, 2.24) is 9.88 Å². The van der Waals surface area contributed by atoms with Crippen LogP contribution in [0, 0.1) is 0 Å². The van der Waals surface area contributed by atoms with Crippen molar-refractivity contribution in [3.63, 3.8) is 0 Å². The average molecular weight is 396 g/mol. The Morgan fingerprint density at radius 2 is 2.27 bits per heavy atom. The van der Waals surface area contributed by atoms with Crippen molar-refractivity contribution in [2.45, 2.75) is 36.5 Å². The normalized spacial score (nSPS) is 22.2. The topological polar surface area (TPSA) is 155 Å². The number of hydrogen-bond donors (Lipinski definition) is 3. The summed E-state index contributed by atoms with van der Waals surface area (Å²) in [4.78, 5) is 29.1. The zero-order valence-corrected chi connectivity index (χ0v) is 15.8. The maximum Gasteiger partial charge on any atom is 0.301 e. The molecule has 3 heterocycles. The van der Waals surface area contributed by atoms with E-state index in [1.54, 1.807) is 6.07 Å². The molecule has 0 spiro atoms. The van der Waals surface area contributed by atoms with Crippen molar-refractivity contribution in [1.29, 1.82) is 0 Å². The van der Waals surface area contributed by atoms with Gasteiger partial charge in [-0.1, -0.05) is 11.9 Å². The van der Waals surface area contributed by atoms with Crippen molar-refractivity contribution in [2.24, 2.45) is 5.73 Å². The van der Waals surface area contributed by atoms with Gasteiger partial charge in [-0.25, -0.2) is 4.57 Å². The van der Waals surface area contributed by atoms with Crippen LogP contribution < -0.4 is 26.9 Å². The van der Waals surface area contributed by atoms with E-state index < -0.39 is 17.9 Å². The summed E-state index contributed by atoms with van der Waals surface area (Å²) in [5.41, 5.74) is 18.1. The predicted octanol–water partition coefficient (Wildman–Crippen LogP) is -1.72. The average Bonchev–Trinajstić information content (AvgIpc) is 2.60. The molecule has 0 saturated carbocycles. The second kappa shape index (κ2) is 7.33. The lowest BCUT2D eigenvalue weighted by Crippen LogP contribution is -2.69. The highest BCUT2D eigenvalue weighted by atomic mass is 32.2. The lowest BCUT2D eigenvalue weighted by molar-refractivity contribution is -0.723. The molecule has 0 aromatic carbocycles. The van der Waals surface area contributed by atoms with E-state index in [1.807, 2.05) is 11.5 Å². The first kappa shape index (κ1) is 18.8. The van der Waals surface area contributed by atoms with Crippen LogP contribution in [0.1, 0.15) is 13.3 Å². The molecule has 140 valence electrons. The van der Waals surface area contributed by atoms with Crippen molar-refractivity contribution in [2.75, 3.05) is 23.0 Å². The summed E-state index contributed by atoms with van der Waals surface area (Å²) < 4.78 is 1.84. The molecule has 9 nitrogen and oxygen atoms in total. The highest BCUT2D eigenvalue weighted by molar-refractivity contribution is 8.01. The van der Waals surface area contributed by atoms with Crippen LogP contribution in [-0.4, -0.2) is 44.7 Å². The Hall–Kier alpha value is -1.98. The van der Waals surface area contributed by atoms with Crippen molar-refractivity contribution in [3.8, 4) is 0 Å². The first-order chi connectivity index (χ1) is 12.3. The van der Waals surface area contributed by atoms with Gasteiger partial charge < -0.3 is 27.1 Å². The van der Waals surface area contributed by atoms with Gasteiger partial charge in [-0.3, -0.25) is 9.69 Å². The first-order valence-corrected chi connectivity index (χ1v) is 10.1. The number of thioether (sulfide) groups is 2. The van der Waals surface area contributed by atoms with Crippen LogP contribution in [0.2, 0.25) is 0 Å². The molecule has 0 aliphatic carbocycles. The number of nitrogens with zero attached hydrogens (tertiary/aromatic N) is 3. The highest BCUT2D eigenvalue weighted by Gasteiger charge is 2.50. The van der Waals surface area contributed by atoms with E-state index >= 15 is 0 Å². The van der Waals surface area contributed by atoms with Gasteiger partial charge in [-0.05, 0) is 23.8 Å². The third kappa shape index (κ3) is 3.21. The third-order valence-electron chi connectivity index (χ3n) is 4.17. The summed E-state index contributed by atoms with van der Waals surface area (Å²) in [5, 5.41) is 11.9. The second-order valence-electron chi connectivity index (χ2n) is 6.00. The van der Waals surface area contributed by atoms with Gasteiger partial charge in [-0.15, -0.1) is 11.8 Å². The van der Waals surface area contributed by atoms with E-state index in [-0.39, 0.29) is 11.1 Å². The van der Waals surface area contributed by atoms with Gasteiger partial charge in [0, 0.05) is 11.5 Å². The number of hydrogen-bond acceptors (Lipinski definition) is 9. The first-order valence-electron chi connectivity index (χ1n) is 8.07. The fourth-order valence-corrected chi connectivity index (χ4v) is 5.42. The number of aliphatic carboxylic acids is 1. The third-order valence-corrected chi connectivity index (χ3v) is 6.59. The predicted molar refractivity (Wildman–Crippen MR) is 97.4 cm³/mol. The molecule has 1 unspecified atom stereocenters. The van der Waals surface area contributed by atoms with Gasteiger partial charge in [0.15, 0.2) is 0 Å². The van der Waals surface area contributed by atoms with E-state index in [2.05, 4.69) is 4.98 Å². The lowest BCUT2D eigenvalue weighted by atomic mass is 10.0. The number of amides is 1. The summed E-state index contributed by atoms with van der Waals surface area (Å²) in [6.45, 7) is 2.69. The van der Waals surface area contributed by atoms with Crippen LogP contribution in [0.3, 0.4) is 0 Å². The largest absolute Gasteiger partial charge is 0.543 e. The molecule has 1 aromatic rings. The van der Waals surface area contributed by atoms with Crippen LogP contribution >= 0.6 is 23.5 Å². The number of anilines is 2. The van der Waals surface area contributed by atoms with E-state index in [9.17, 15) is 14.7 Å². The molecule has 6 N–H and O–H groups in total. The number of carboxylic acids is 1. The Labute approximate surface area is 159 Å². The van der Waals surface area contributed by atoms with Crippen LogP contribution in [0.25, 0.3) is 0 Å². The summed E-state index contributed by atoms with van der Waals surface area (Å²) in [6, 6.07) is 0.929. The Bertz CT molecular complexity index is 800. The van der Waals surface area contributed by atoms with Crippen LogP contribution in [0.4, 0.5) is 11.6 Å². The van der Waals surface area contributed by atoms with Gasteiger partial charge in [0.05, 0.1) is 24.3 Å². The SMILES string of the molecule is CCC[n+]1c(N)cc(N)nc1SCC1=C(C(=O)[O-])N2C(=O)C(N)[C@H]2SC1. The van der Waals surface area contributed by atoms with E-state index in [1.165, 1.54) is 28.4 Å². The molecule has 0 radical (unpaired) electrons. The molecule has 1 fully saturated rings. The molecule has 1 amide bonds. The molecule has 2 atom stereocenters. The molecule has 1 aromatic heterocycles. The number of carbonyl (C=O) groups is 2. The quantitative estimate of drug-likeness (QED) is 0.220. The van der Waals surface area contributed by atoms with E-state index in [4.69, 9.17) is 17.2 Å². The van der Waals surface area contributed by atoms with Crippen LogP contribution in [0.15, 0.2) is 22.5 Å². The van der Waals surface area contributed by atoms with Gasteiger partial charge in [0.1, 0.15) is 11.4 Å². The van der Waals surface area contributed by atoms with Crippen LogP contribution in [-0.2, 0) is 16.1 Å². The zero-order valence-electron chi connectivity index (χ0n) is 14.2. The van der Waals surface area contributed by atoms with E-state index in [0.717, 1.165) is 6.42 Å². The van der Waals surface area contributed by atoms with Crippen LogP contribution in [0.5, 0.6) is 0 Å². The second-order valence-corrected chi connectivity index (χ2v) is 8.05. The number of carboxylic acid groups (broad SMARTS) is 1. The summed E-state index contributed by atoms with van der Waals surface area (Å²) in [6.07, 6.45) is 0.860. The smallest absolute Gasteiger partial charge is 0.301 e. The zero-order chi connectivity index (χ0) is 19.0. The maximum atomic E-state index is 12.0. The number of nitrogen functional groups attached to an aromatic ring is 2.